The largest absolute Gasteiger partial charge is 0.509 e. The van der Waals surface area contributed by atoms with Crippen molar-refractivity contribution in [3.63, 3.8) is 0 Å². The molecular weight excluding hydrogens is 930 g/mol. The molecule has 0 aliphatic carbocycles. The summed E-state index contributed by atoms with van der Waals surface area (Å²) in [6.07, 6.45) is 3.78. The van der Waals surface area contributed by atoms with Gasteiger partial charge in [-0.3, -0.25) is 0 Å². The zero-order valence-corrected chi connectivity index (χ0v) is 38.9. The summed E-state index contributed by atoms with van der Waals surface area (Å²) in [5.74, 6) is 3.47. The number of para-hydroxylation sites is 1. The van der Waals surface area contributed by atoms with Gasteiger partial charge in [-0.2, -0.15) is 12.1 Å². The molecule has 0 saturated carbocycles. The number of aromatic nitrogens is 3. The van der Waals surface area contributed by atoms with Gasteiger partial charge in [0.25, 0.3) is 0 Å². The van der Waals surface area contributed by atoms with Gasteiger partial charge in [-0.15, -0.1) is 48.1 Å². The third-order valence-corrected chi connectivity index (χ3v) is 11.7. The van der Waals surface area contributed by atoms with Gasteiger partial charge in [0, 0.05) is 56.2 Å². The Morgan fingerprint density at radius 2 is 1.38 bits per heavy atom. The van der Waals surface area contributed by atoms with E-state index in [4.69, 9.17) is 14.7 Å². The summed E-state index contributed by atoms with van der Waals surface area (Å²) in [6.45, 7) is 24.6. The number of nitrogens with zero attached hydrogens (tertiary/aromatic N) is 5. The number of hydrogen-bond acceptors (Lipinski definition) is 5. The Morgan fingerprint density at radius 3 is 2.08 bits per heavy atom. The quantitative estimate of drug-likeness (QED) is 0.142. The molecule has 7 heteroatoms. The van der Waals surface area contributed by atoms with Crippen LogP contribution in [0.25, 0.3) is 38.8 Å². The molecule has 0 unspecified atom stereocenters. The van der Waals surface area contributed by atoms with Crippen LogP contribution in [0.3, 0.4) is 0 Å². The predicted molar refractivity (Wildman–Crippen MR) is 249 cm³/mol. The van der Waals surface area contributed by atoms with Crippen molar-refractivity contribution in [1.82, 2.24) is 14.5 Å². The summed E-state index contributed by atoms with van der Waals surface area (Å²) in [4.78, 5) is 14.3. The van der Waals surface area contributed by atoms with E-state index in [1.165, 1.54) is 50.2 Å². The fourth-order valence-corrected chi connectivity index (χ4v) is 8.90. The molecule has 0 spiro atoms. The summed E-state index contributed by atoms with van der Waals surface area (Å²) >= 11 is 0. The molecule has 3 aromatic heterocycles. The Labute approximate surface area is 375 Å². The molecule has 0 saturated heterocycles. The Hall–Kier alpha value is -5.71. The first kappa shape index (κ1) is 42.0. The average molecular weight is 982 g/mol. The first-order valence-corrected chi connectivity index (χ1v) is 21.0. The molecule has 8 aromatic rings. The fraction of sp³-hybridized carbons (Fsp3) is 0.241. The van der Waals surface area contributed by atoms with Crippen molar-refractivity contribution < 1.29 is 25.8 Å². The van der Waals surface area contributed by atoms with Crippen LogP contribution < -0.4 is 14.5 Å². The molecular formula is C54H52N5OPt-3. The van der Waals surface area contributed by atoms with Crippen molar-refractivity contribution >= 4 is 44.7 Å². The van der Waals surface area contributed by atoms with E-state index < -0.39 is 0 Å². The van der Waals surface area contributed by atoms with Gasteiger partial charge >= 0.3 is 0 Å². The first-order valence-electron chi connectivity index (χ1n) is 21.0. The Morgan fingerprint density at radius 1 is 0.672 bits per heavy atom. The van der Waals surface area contributed by atoms with Crippen molar-refractivity contribution in [1.29, 1.82) is 0 Å². The number of aryl methyl sites for hydroxylation is 3. The summed E-state index contributed by atoms with van der Waals surface area (Å²) in [5, 5.41) is 2.23. The van der Waals surface area contributed by atoms with Gasteiger partial charge in [0.15, 0.2) is 0 Å². The maximum atomic E-state index is 6.62. The van der Waals surface area contributed by atoms with E-state index in [2.05, 4.69) is 181 Å². The van der Waals surface area contributed by atoms with Gasteiger partial charge in [0.05, 0.1) is 5.69 Å². The van der Waals surface area contributed by atoms with Crippen molar-refractivity contribution in [2.75, 3.05) is 9.80 Å². The van der Waals surface area contributed by atoms with Crippen LogP contribution in [-0.4, -0.2) is 14.5 Å². The molecule has 1 aliphatic rings. The summed E-state index contributed by atoms with van der Waals surface area (Å²) in [6, 6.07) is 43.6. The summed E-state index contributed by atoms with van der Waals surface area (Å²) in [5.41, 5.74) is 15.2. The van der Waals surface area contributed by atoms with Gasteiger partial charge in [-0.25, -0.2) is 9.97 Å². The Bertz CT molecular complexity index is 2890. The second-order valence-electron chi connectivity index (χ2n) is 17.9. The Balaban J connectivity index is 0.00000514. The standard InChI is InChI=1S/C54H52N5O.Pt/c1-33(2)45-27-38(51-36(6)25-35(5)26-37(51)7)28-46(34(3)4)52(45)58-32-57(48-19-14-23-56-53(48)58)40-15-13-16-41(30-40)60-42-20-21-44-43-17-11-12-18-47(43)59(49(44)31-42)50-29-39(22-24-55-50)54(8,9)10;/h11-29,32-34H,1-10H3;/q-3;. The molecule has 0 amide bonds. The zero-order valence-electron chi connectivity index (χ0n) is 36.7. The van der Waals surface area contributed by atoms with Crippen LogP contribution in [0, 0.1) is 39.6 Å². The van der Waals surface area contributed by atoms with Crippen molar-refractivity contribution in [3.05, 3.63) is 168 Å². The number of rotatable bonds is 8. The predicted octanol–water partition coefficient (Wildman–Crippen LogP) is 14.5. The zero-order chi connectivity index (χ0) is 42.0. The second-order valence-corrected chi connectivity index (χ2v) is 17.9. The molecule has 6 nitrogen and oxygen atoms in total. The second kappa shape index (κ2) is 16.3. The monoisotopic (exact) mass is 981 g/mol. The number of fused-ring (bicyclic) bond motifs is 4. The van der Waals surface area contributed by atoms with Crippen molar-refractivity contribution in [2.24, 2.45) is 0 Å². The number of pyridine rings is 2. The minimum absolute atomic E-state index is 0. The molecule has 61 heavy (non-hydrogen) atoms. The molecule has 1 aliphatic heterocycles. The van der Waals surface area contributed by atoms with E-state index in [9.17, 15) is 0 Å². The molecule has 0 fully saturated rings. The van der Waals surface area contributed by atoms with Gasteiger partial charge in [0.1, 0.15) is 11.6 Å². The molecule has 312 valence electrons. The maximum Gasteiger partial charge on any atom is 0.135 e. The van der Waals surface area contributed by atoms with E-state index in [0.29, 0.717) is 11.5 Å². The van der Waals surface area contributed by atoms with Crippen LogP contribution in [0.2, 0.25) is 0 Å². The smallest absolute Gasteiger partial charge is 0.135 e. The van der Waals surface area contributed by atoms with Crippen LogP contribution in [-0.2, 0) is 26.5 Å². The minimum atomic E-state index is -0.0200. The van der Waals surface area contributed by atoms with Crippen LogP contribution in [0.5, 0.6) is 11.5 Å². The molecule has 9 rings (SSSR count). The topological polar surface area (TPSA) is 46.4 Å². The minimum Gasteiger partial charge on any atom is -0.509 e. The van der Waals surface area contributed by atoms with Gasteiger partial charge in [-0.05, 0) is 125 Å². The third kappa shape index (κ3) is 7.65. The fourth-order valence-electron chi connectivity index (χ4n) is 8.90. The number of benzene rings is 5. The normalized spacial score (nSPS) is 12.8. The third-order valence-electron chi connectivity index (χ3n) is 11.7. The average Bonchev–Trinajstić information content (AvgIpc) is 3.76. The molecule has 4 heterocycles. The molecule has 0 N–H and O–H groups in total. The van der Waals surface area contributed by atoms with E-state index in [0.717, 1.165) is 44.8 Å². The number of ether oxygens (including phenoxy) is 1. The SMILES string of the molecule is Cc1cc(C)c(-c2cc(C(C)C)c(N3[CH-]N(c4[c-]c(Oc5[c-]c6c(cc5)c5ccccc5n6-c5cc(C(C)(C)C)ccn5)ccc4)c4cccnc43)c(C(C)C)c2)c(C)c1.[Pt]. The van der Waals surface area contributed by atoms with Crippen LogP contribution >= 0.6 is 0 Å². The van der Waals surface area contributed by atoms with Gasteiger partial charge in [0.2, 0.25) is 0 Å². The van der Waals surface area contributed by atoms with E-state index in [1.807, 2.05) is 36.7 Å². The number of anilines is 4. The van der Waals surface area contributed by atoms with Crippen LogP contribution in [0.1, 0.15) is 93.7 Å². The van der Waals surface area contributed by atoms with E-state index in [-0.39, 0.29) is 38.3 Å². The molecule has 5 aromatic carbocycles. The molecule has 0 radical (unpaired) electrons. The molecule has 0 atom stereocenters. The van der Waals surface area contributed by atoms with E-state index >= 15 is 0 Å². The van der Waals surface area contributed by atoms with Crippen molar-refractivity contribution in [3.8, 4) is 28.4 Å². The van der Waals surface area contributed by atoms with Gasteiger partial charge in [-0.1, -0.05) is 89.9 Å². The van der Waals surface area contributed by atoms with Crippen LogP contribution in [0.4, 0.5) is 22.9 Å². The van der Waals surface area contributed by atoms with Gasteiger partial charge < -0.3 is 19.1 Å². The van der Waals surface area contributed by atoms with E-state index in [1.54, 1.807) is 0 Å². The summed E-state index contributed by atoms with van der Waals surface area (Å²) in [7, 11) is 0. The first-order chi connectivity index (χ1) is 28.8. The summed E-state index contributed by atoms with van der Waals surface area (Å²) < 4.78 is 8.81. The maximum absolute atomic E-state index is 6.62. The Kier molecular flexibility index (Phi) is 11.2. The number of hydrogen-bond donors (Lipinski definition) is 0. The van der Waals surface area contributed by atoms with Crippen LogP contribution in [0.15, 0.2) is 116 Å². The molecule has 0 bridgehead atoms. The van der Waals surface area contributed by atoms with Crippen molar-refractivity contribution in [2.45, 2.75) is 86.5 Å².